The number of nitrogens with zero attached hydrogens (tertiary/aromatic N) is 1. The highest BCUT2D eigenvalue weighted by molar-refractivity contribution is 5.76. The third-order valence-corrected chi connectivity index (χ3v) is 4.01. The molecule has 0 spiro atoms. The van der Waals surface area contributed by atoms with Crippen molar-refractivity contribution in [3.8, 4) is 0 Å². The van der Waals surface area contributed by atoms with E-state index in [9.17, 15) is 4.79 Å². The molecule has 1 N–H and O–H groups in total. The molecule has 1 heterocycles. The summed E-state index contributed by atoms with van der Waals surface area (Å²) in [7, 11) is 0. The summed E-state index contributed by atoms with van der Waals surface area (Å²) in [6.45, 7) is 7.11. The van der Waals surface area contributed by atoms with Gasteiger partial charge >= 0.3 is 0 Å². The largest absolute Gasteiger partial charge is 0.338 e. The van der Waals surface area contributed by atoms with Gasteiger partial charge in [-0.05, 0) is 38.3 Å². The lowest BCUT2D eigenvalue weighted by atomic mass is 10.1. The van der Waals surface area contributed by atoms with E-state index in [1.165, 1.54) is 11.1 Å². The highest BCUT2D eigenvalue weighted by Crippen LogP contribution is 2.13. The van der Waals surface area contributed by atoms with Gasteiger partial charge in [0.25, 0.3) is 0 Å². The lowest BCUT2D eigenvalue weighted by Crippen LogP contribution is -2.42. The van der Waals surface area contributed by atoms with Gasteiger partial charge < -0.3 is 10.2 Å². The van der Waals surface area contributed by atoms with Gasteiger partial charge in [-0.25, -0.2) is 0 Å². The van der Waals surface area contributed by atoms with E-state index in [2.05, 4.69) is 48.3 Å². The van der Waals surface area contributed by atoms with Crippen molar-refractivity contribution in [3.63, 3.8) is 0 Å². The van der Waals surface area contributed by atoms with Crippen LogP contribution in [0.25, 0.3) is 0 Å². The maximum Gasteiger partial charge on any atom is 0.223 e. The van der Waals surface area contributed by atoms with Crippen molar-refractivity contribution in [1.29, 1.82) is 0 Å². The molecule has 1 amide bonds. The number of hydrogen-bond acceptors (Lipinski definition) is 2. The van der Waals surface area contributed by atoms with Crippen LogP contribution in [0.1, 0.15) is 37.3 Å². The molecular formula is C17H26N2O. The Bertz CT molecular complexity index is 421. The second-order valence-electron chi connectivity index (χ2n) is 5.72. The molecular weight excluding hydrogens is 248 g/mol. The Morgan fingerprint density at radius 1 is 1.35 bits per heavy atom. The first-order chi connectivity index (χ1) is 9.70. The van der Waals surface area contributed by atoms with Crippen LogP contribution >= 0.6 is 0 Å². The summed E-state index contributed by atoms with van der Waals surface area (Å²) in [6.07, 6.45) is 3.60. The molecule has 0 aliphatic carbocycles. The average molecular weight is 274 g/mol. The Labute approximate surface area is 122 Å². The fourth-order valence-corrected chi connectivity index (χ4v) is 2.81. The predicted octanol–water partition coefficient (Wildman–Crippen LogP) is 2.53. The molecule has 3 heteroatoms. The number of aryl methyl sites for hydroxylation is 2. The molecule has 3 nitrogen and oxygen atoms in total. The van der Waals surface area contributed by atoms with Gasteiger partial charge in [-0.3, -0.25) is 4.79 Å². The van der Waals surface area contributed by atoms with Gasteiger partial charge in [-0.2, -0.15) is 0 Å². The molecule has 1 aliphatic heterocycles. The van der Waals surface area contributed by atoms with Crippen LogP contribution in [0, 0.1) is 6.92 Å². The van der Waals surface area contributed by atoms with E-state index in [0.29, 0.717) is 18.4 Å². The van der Waals surface area contributed by atoms with Gasteiger partial charge in [-0.1, -0.05) is 36.8 Å². The molecule has 1 aromatic rings. The van der Waals surface area contributed by atoms with E-state index in [1.807, 2.05) is 0 Å². The molecule has 1 aliphatic rings. The zero-order chi connectivity index (χ0) is 14.4. The standard InChI is InChI=1S/C17H26N2O/c1-3-12-19(16-10-11-18-13-16)17(20)9-8-15-6-4-14(2)5-7-15/h4-7,16,18H,3,8-13H2,1-2H3. The summed E-state index contributed by atoms with van der Waals surface area (Å²) in [6, 6.07) is 8.89. The number of carbonyl (C=O) groups is 1. The van der Waals surface area contributed by atoms with Crippen molar-refractivity contribution < 1.29 is 4.79 Å². The van der Waals surface area contributed by atoms with Crippen LogP contribution in [0.2, 0.25) is 0 Å². The van der Waals surface area contributed by atoms with E-state index < -0.39 is 0 Å². The SMILES string of the molecule is CCCN(C(=O)CCc1ccc(C)cc1)C1CCNC1. The summed E-state index contributed by atoms with van der Waals surface area (Å²) >= 11 is 0. The number of rotatable bonds is 6. The quantitative estimate of drug-likeness (QED) is 0.864. The zero-order valence-corrected chi connectivity index (χ0v) is 12.7. The topological polar surface area (TPSA) is 32.3 Å². The predicted molar refractivity (Wildman–Crippen MR) is 82.8 cm³/mol. The first-order valence-corrected chi connectivity index (χ1v) is 7.76. The van der Waals surface area contributed by atoms with Gasteiger partial charge in [0.15, 0.2) is 0 Å². The van der Waals surface area contributed by atoms with Crippen LogP contribution in [-0.4, -0.2) is 36.5 Å². The third-order valence-electron chi connectivity index (χ3n) is 4.01. The van der Waals surface area contributed by atoms with Crippen molar-refractivity contribution in [3.05, 3.63) is 35.4 Å². The first-order valence-electron chi connectivity index (χ1n) is 7.76. The van der Waals surface area contributed by atoms with Crippen LogP contribution < -0.4 is 5.32 Å². The fraction of sp³-hybridized carbons (Fsp3) is 0.588. The summed E-state index contributed by atoms with van der Waals surface area (Å²) in [5.74, 6) is 0.307. The molecule has 110 valence electrons. The Morgan fingerprint density at radius 2 is 2.10 bits per heavy atom. The molecule has 0 aromatic heterocycles. The third kappa shape index (κ3) is 4.07. The van der Waals surface area contributed by atoms with Crippen molar-refractivity contribution in [1.82, 2.24) is 10.2 Å². The lowest BCUT2D eigenvalue weighted by Gasteiger charge is -2.28. The number of benzene rings is 1. The second kappa shape index (κ2) is 7.44. The summed E-state index contributed by atoms with van der Waals surface area (Å²) in [5.41, 5.74) is 2.52. The molecule has 1 fully saturated rings. The van der Waals surface area contributed by atoms with Gasteiger partial charge in [0, 0.05) is 25.6 Å². The van der Waals surface area contributed by atoms with E-state index >= 15 is 0 Å². The monoisotopic (exact) mass is 274 g/mol. The van der Waals surface area contributed by atoms with Crippen molar-refractivity contribution in [2.24, 2.45) is 0 Å². The van der Waals surface area contributed by atoms with Crippen molar-refractivity contribution in [2.45, 2.75) is 45.6 Å². The lowest BCUT2D eigenvalue weighted by molar-refractivity contribution is -0.133. The Hall–Kier alpha value is -1.35. The Morgan fingerprint density at radius 3 is 2.70 bits per heavy atom. The van der Waals surface area contributed by atoms with E-state index in [0.717, 1.165) is 38.9 Å². The number of nitrogens with one attached hydrogen (secondary N) is 1. The maximum atomic E-state index is 12.5. The summed E-state index contributed by atoms with van der Waals surface area (Å²) < 4.78 is 0. The van der Waals surface area contributed by atoms with Crippen LogP contribution in [0.3, 0.4) is 0 Å². The van der Waals surface area contributed by atoms with Crippen LogP contribution in [0.15, 0.2) is 24.3 Å². The smallest absolute Gasteiger partial charge is 0.223 e. The average Bonchev–Trinajstić information content (AvgIpc) is 2.97. The molecule has 1 aromatic carbocycles. The minimum absolute atomic E-state index is 0.307. The fourth-order valence-electron chi connectivity index (χ4n) is 2.81. The Kier molecular flexibility index (Phi) is 5.60. The van der Waals surface area contributed by atoms with Gasteiger partial charge in [-0.15, -0.1) is 0 Å². The number of hydrogen-bond donors (Lipinski definition) is 1. The molecule has 1 saturated heterocycles. The van der Waals surface area contributed by atoms with Gasteiger partial charge in [0.05, 0.1) is 0 Å². The first kappa shape index (κ1) is 15.0. The van der Waals surface area contributed by atoms with E-state index in [4.69, 9.17) is 0 Å². The molecule has 0 radical (unpaired) electrons. The van der Waals surface area contributed by atoms with Gasteiger partial charge in [0.2, 0.25) is 5.91 Å². The van der Waals surface area contributed by atoms with E-state index in [-0.39, 0.29) is 0 Å². The van der Waals surface area contributed by atoms with Crippen molar-refractivity contribution >= 4 is 5.91 Å². The molecule has 0 bridgehead atoms. The highest BCUT2D eigenvalue weighted by atomic mass is 16.2. The minimum Gasteiger partial charge on any atom is -0.338 e. The zero-order valence-electron chi connectivity index (χ0n) is 12.7. The van der Waals surface area contributed by atoms with Crippen LogP contribution in [0.5, 0.6) is 0 Å². The summed E-state index contributed by atoms with van der Waals surface area (Å²) in [5, 5.41) is 3.35. The normalized spacial score (nSPS) is 18.2. The van der Waals surface area contributed by atoms with E-state index in [1.54, 1.807) is 0 Å². The second-order valence-corrected chi connectivity index (χ2v) is 5.72. The molecule has 0 saturated carbocycles. The van der Waals surface area contributed by atoms with Crippen molar-refractivity contribution in [2.75, 3.05) is 19.6 Å². The molecule has 1 atom stereocenters. The molecule has 2 rings (SSSR count). The molecule has 20 heavy (non-hydrogen) atoms. The number of amides is 1. The Balaban J connectivity index is 1.89. The van der Waals surface area contributed by atoms with Crippen LogP contribution in [0.4, 0.5) is 0 Å². The molecule has 1 unspecified atom stereocenters. The minimum atomic E-state index is 0.307. The van der Waals surface area contributed by atoms with Crippen LogP contribution in [-0.2, 0) is 11.2 Å². The van der Waals surface area contributed by atoms with Gasteiger partial charge in [0.1, 0.15) is 0 Å². The highest BCUT2D eigenvalue weighted by Gasteiger charge is 2.25. The number of carbonyl (C=O) groups excluding carboxylic acids is 1. The maximum absolute atomic E-state index is 12.5. The summed E-state index contributed by atoms with van der Waals surface area (Å²) in [4.78, 5) is 14.6.